The monoisotopic (exact) mass is 656 g/mol. The van der Waals surface area contributed by atoms with Gasteiger partial charge in [0.15, 0.2) is 0 Å². The molecule has 5 rings (SSSR count). The number of hydrogen-bond donors (Lipinski definition) is 0. The summed E-state index contributed by atoms with van der Waals surface area (Å²) in [6, 6.07) is 26.6. The van der Waals surface area contributed by atoms with E-state index in [-0.39, 0.29) is 24.8 Å². The van der Waals surface area contributed by atoms with E-state index in [4.69, 9.17) is 0 Å². The van der Waals surface area contributed by atoms with Gasteiger partial charge in [-0.05, 0) is 0 Å². The fourth-order valence-corrected chi connectivity index (χ4v) is 34.1. The Kier molecular flexibility index (Phi) is 8.83. The minimum atomic E-state index is -2.17. The Morgan fingerprint density at radius 3 is 1.61 bits per heavy atom. The quantitative estimate of drug-likeness (QED) is 0.370. The Hall–Kier alpha value is -1.19. The summed E-state index contributed by atoms with van der Waals surface area (Å²) in [5, 5.41) is 0. The van der Waals surface area contributed by atoms with Crippen molar-refractivity contribution in [2.45, 2.75) is 41.1 Å². The van der Waals surface area contributed by atoms with Gasteiger partial charge in [-0.2, -0.15) is 0 Å². The predicted octanol–water partition coefficient (Wildman–Crippen LogP) is 1.10. The van der Waals surface area contributed by atoms with Gasteiger partial charge < -0.3 is 24.8 Å². The molecule has 2 aliphatic carbocycles. The number of rotatable bonds is 4. The molecule has 2 aliphatic rings. The van der Waals surface area contributed by atoms with Gasteiger partial charge in [0.25, 0.3) is 0 Å². The Labute approximate surface area is 219 Å². The standard InChI is InChI=1S/2C11H11.C7H8Si.2ClH.Hf/c2*1-8-6-10-5-3-4-9(2)11(10)7-8;8-6-7-4-2-1-3-5-7;;;/h2*3-7H,1-2H3;1-5,8H,6H2;2*1H;/q;;;;;+2/p-2. The summed E-state index contributed by atoms with van der Waals surface area (Å²) in [6.45, 7) is 9.40. The first-order valence-electron chi connectivity index (χ1n) is 11.3. The number of hydrogen-bond acceptors (Lipinski definition) is 0. The molecular formula is C29H30Cl2HfSi. The van der Waals surface area contributed by atoms with Crippen LogP contribution >= 0.6 is 0 Å². The maximum absolute atomic E-state index is 2.52. The molecule has 4 heteroatoms. The van der Waals surface area contributed by atoms with Crippen LogP contribution < -0.4 is 24.8 Å². The van der Waals surface area contributed by atoms with E-state index in [0.717, 1.165) is 7.35 Å². The van der Waals surface area contributed by atoms with Gasteiger partial charge in [0, 0.05) is 0 Å². The molecule has 0 nitrogen and oxygen atoms in total. The second-order valence-corrected chi connectivity index (χ2v) is 27.6. The fraction of sp³-hybridized carbons (Fsp3) is 0.241. The zero-order valence-electron chi connectivity index (χ0n) is 19.7. The molecule has 0 saturated heterocycles. The van der Waals surface area contributed by atoms with Gasteiger partial charge >= 0.3 is 196 Å². The summed E-state index contributed by atoms with van der Waals surface area (Å²) < 4.78 is 1.47. The number of benzene rings is 3. The van der Waals surface area contributed by atoms with E-state index in [9.17, 15) is 0 Å². The molecule has 2 unspecified atom stereocenters. The maximum Gasteiger partial charge on any atom is -1.00 e. The first-order valence-corrected chi connectivity index (χ1v) is 23.1. The number of aryl methyl sites for hydroxylation is 2. The second kappa shape index (κ2) is 11.0. The Morgan fingerprint density at radius 2 is 1.12 bits per heavy atom. The van der Waals surface area contributed by atoms with Crippen molar-refractivity contribution in [1.82, 2.24) is 0 Å². The molecule has 0 aliphatic heterocycles. The van der Waals surface area contributed by atoms with E-state index in [1.807, 2.05) is 0 Å². The molecule has 0 bridgehead atoms. The molecule has 0 heterocycles. The number of fused-ring (bicyclic) bond motifs is 2. The fourth-order valence-electron chi connectivity index (χ4n) is 5.55. The van der Waals surface area contributed by atoms with Crippen LogP contribution in [0.5, 0.6) is 0 Å². The first-order chi connectivity index (χ1) is 15.0. The third-order valence-electron chi connectivity index (χ3n) is 7.08. The zero-order valence-corrected chi connectivity index (χ0v) is 26.0. The van der Waals surface area contributed by atoms with Crippen molar-refractivity contribution >= 4 is 18.4 Å². The summed E-state index contributed by atoms with van der Waals surface area (Å²) in [4.78, 5) is 0. The van der Waals surface area contributed by atoms with Crippen molar-refractivity contribution in [3.63, 3.8) is 0 Å². The molecule has 3 aromatic rings. The van der Waals surface area contributed by atoms with Gasteiger partial charge in [0.1, 0.15) is 0 Å². The third kappa shape index (κ3) is 4.96. The average Bonchev–Trinajstić information content (AvgIpc) is 3.28. The average molecular weight is 656 g/mol. The second-order valence-electron chi connectivity index (χ2n) is 9.19. The molecule has 168 valence electrons. The van der Waals surface area contributed by atoms with Crippen LogP contribution in [0.3, 0.4) is 0 Å². The number of halogens is 2. The number of allylic oxidation sites excluding steroid dienone is 2. The Bertz CT molecular complexity index is 1180. The van der Waals surface area contributed by atoms with Crippen LogP contribution in [0.15, 0.2) is 77.9 Å². The molecule has 0 aromatic heterocycles. The normalized spacial score (nSPS) is 17.4. The Balaban J connectivity index is 0.00000153. The molecule has 0 radical (unpaired) electrons. The van der Waals surface area contributed by atoms with E-state index in [2.05, 4.69) is 107 Å². The van der Waals surface area contributed by atoms with Crippen molar-refractivity contribution in [2.24, 2.45) is 0 Å². The zero-order chi connectivity index (χ0) is 21.5. The van der Waals surface area contributed by atoms with E-state index < -0.39 is 20.1 Å². The summed E-state index contributed by atoms with van der Waals surface area (Å²) in [5.74, 6) is 0. The van der Waals surface area contributed by atoms with E-state index in [0.29, 0.717) is 6.22 Å². The summed E-state index contributed by atoms with van der Waals surface area (Å²) in [7, 11) is 0. The minimum Gasteiger partial charge on any atom is -1.00 e. The molecule has 0 saturated carbocycles. The van der Waals surface area contributed by atoms with Crippen LogP contribution in [0.4, 0.5) is 0 Å². The van der Waals surface area contributed by atoms with E-state index >= 15 is 0 Å². The van der Waals surface area contributed by atoms with Crippen molar-refractivity contribution in [1.29, 1.82) is 0 Å². The van der Waals surface area contributed by atoms with Gasteiger partial charge in [0.05, 0.1) is 0 Å². The van der Waals surface area contributed by atoms with Gasteiger partial charge in [-0.1, -0.05) is 0 Å². The SMILES string of the molecule is CC1=Cc2c(C)cccc2[CH]1[Hf+2](=[SiH]Cc1ccccc1)[CH]1C(C)=Cc2c(C)cccc21.[Cl-].[Cl-]. The van der Waals surface area contributed by atoms with Crippen LogP contribution in [0.25, 0.3) is 12.2 Å². The first kappa shape index (κ1) is 26.4. The molecule has 33 heavy (non-hydrogen) atoms. The van der Waals surface area contributed by atoms with Gasteiger partial charge in [-0.3, -0.25) is 0 Å². The predicted molar refractivity (Wildman–Crippen MR) is 132 cm³/mol. The van der Waals surface area contributed by atoms with Gasteiger partial charge in [-0.25, -0.2) is 0 Å². The van der Waals surface area contributed by atoms with Crippen LogP contribution in [0.2, 0.25) is 0 Å². The van der Waals surface area contributed by atoms with Crippen molar-refractivity contribution in [3.05, 3.63) is 117 Å². The van der Waals surface area contributed by atoms with E-state index in [1.54, 1.807) is 22.3 Å². The largest absolute Gasteiger partial charge is 1.00 e. The van der Waals surface area contributed by atoms with Crippen molar-refractivity contribution < 1.29 is 44.9 Å². The van der Waals surface area contributed by atoms with Crippen LogP contribution in [0, 0.1) is 13.8 Å². The van der Waals surface area contributed by atoms with Gasteiger partial charge in [-0.15, -0.1) is 0 Å². The summed E-state index contributed by atoms with van der Waals surface area (Å²) in [6.07, 6.45) is 5.50. The molecule has 0 N–H and O–H groups in total. The van der Waals surface area contributed by atoms with Crippen LogP contribution in [-0.4, -0.2) is 6.22 Å². The van der Waals surface area contributed by atoms with E-state index in [1.165, 1.54) is 33.9 Å². The molecular weight excluding hydrogens is 626 g/mol. The summed E-state index contributed by atoms with van der Waals surface area (Å²) >= 11 is -2.17. The maximum atomic E-state index is 2.52. The van der Waals surface area contributed by atoms with Crippen molar-refractivity contribution in [2.75, 3.05) is 0 Å². The summed E-state index contributed by atoms with van der Waals surface area (Å²) in [5.41, 5.74) is 14.0. The molecule has 0 fully saturated rings. The topological polar surface area (TPSA) is 0 Å². The smallest absolute Gasteiger partial charge is 1.00 e. The Morgan fingerprint density at radius 1 is 0.636 bits per heavy atom. The molecule has 0 spiro atoms. The van der Waals surface area contributed by atoms with Crippen LogP contribution in [-0.2, 0) is 26.1 Å². The third-order valence-corrected chi connectivity index (χ3v) is 31.3. The van der Waals surface area contributed by atoms with Crippen LogP contribution in [0.1, 0.15) is 60.1 Å². The van der Waals surface area contributed by atoms with Gasteiger partial charge in [0.2, 0.25) is 0 Å². The molecule has 0 amide bonds. The van der Waals surface area contributed by atoms with Crippen molar-refractivity contribution in [3.8, 4) is 0 Å². The molecule has 3 aromatic carbocycles. The molecule has 2 atom stereocenters. The minimum absolute atomic E-state index is 0.